The highest BCUT2D eigenvalue weighted by atomic mass is 16.5. The van der Waals surface area contributed by atoms with E-state index in [-0.39, 0.29) is 5.97 Å². The zero-order valence-corrected chi connectivity index (χ0v) is 10.1. The number of rotatable bonds is 6. The van der Waals surface area contributed by atoms with Gasteiger partial charge in [0.05, 0.1) is 13.3 Å². The number of nitrogens with one attached hydrogen (secondary N) is 1. The number of methoxy groups -OCH3 is 1. The van der Waals surface area contributed by atoms with Crippen molar-refractivity contribution in [2.24, 2.45) is 7.05 Å². The molecule has 0 unspecified atom stereocenters. The van der Waals surface area contributed by atoms with E-state index >= 15 is 0 Å². The number of aryl methyl sites for hydroxylation is 1. The Bertz CT molecular complexity index is 347. The molecule has 0 aliphatic heterocycles. The zero-order valence-electron chi connectivity index (χ0n) is 10.1. The second kappa shape index (κ2) is 6.27. The van der Waals surface area contributed by atoms with Gasteiger partial charge in [0.2, 0.25) is 0 Å². The highest BCUT2D eigenvalue weighted by Gasteiger charge is 2.03. The number of ether oxygens (including phenoxy) is 1. The van der Waals surface area contributed by atoms with Crippen LogP contribution < -0.4 is 5.32 Å². The van der Waals surface area contributed by atoms with Crippen LogP contribution in [0.2, 0.25) is 0 Å². The van der Waals surface area contributed by atoms with E-state index in [0.29, 0.717) is 6.42 Å². The van der Waals surface area contributed by atoms with Crippen LogP contribution in [-0.2, 0) is 23.1 Å². The summed E-state index contributed by atoms with van der Waals surface area (Å²) in [5, 5.41) is 7.43. The highest BCUT2D eigenvalue weighted by molar-refractivity contribution is 5.69. The third-order valence-electron chi connectivity index (χ3n) is 2.61. The quantitative estimate of drug-likeness (QED) is 0.574. The van der Waals surface area contributed by atoms with Gasteiger partial charge in [0.25, 0.3) is 0 Å². The largest absolute Gasteiger partial charge is 0.469 e. The van der Waals surface area contributed by atoms with Crippen molar-refractivity contribution in [2.45, 2.75) is 26.3 Å². The summed E-state index contributed by atoms with van der Waals surface area (Å²) in [6.45, 7) is 3.64. The molecule has 1 N–H and O–H groups in total. The van der Waals surface area contributed by atoms with Crippen LogP contribution in [0.25, 0.3) is 0 Å². The van der Waals surface area contributed by atoms with Crippen LogP contribution in [0.4, 0.5) is 0 Å². The van der Waals surface area contributed by atoms with Crippen molar-refractivity contribution in [2.75, 3.05) is 13.7 Å². The molecular weight excluding hydrogens is 206 g/mol. The smallest absolute Gasteiger partial charge is 0.305 e. The summed E-state index contributed by atoms with van der Waals surface area (Å²) in [5.74, 6) is -0.153. The number of carbonyl (C=O) groups is 1. The molecule has 1 aromatic heterocycles. The van der Waals surface area contributed by atoms with Crippen molar-refractivity contribution in [1.82, 2.24) is 15.1 Å². The fourth-order valence-corrected chi connectivity index (χ4v) is 1.40. The molecule has 0 aliphatic rings. The van der Waals surface area contributed by atoms with Crippen LogP contribution >= 0.6 is 0 Å². The van der Waals surface area contributed by atoms with E-state index in [9.17, 15) is 4.79 Å². The molecule has 16 heavy (non-hydrogen) atoms. The highest BCUT2D eigenvalue weighted by Crippen LogP contribution is 2.04. The molecule has 0 spiro atoms. The Balaban J connectivity index is 2.16. The molecule has 0 amide bonds. The lowest BCUT2D eigenvalue weighted by Gasteiger charge is -2.03. The molecule has 5 nitrogen and oxygen atoms in total. The minimum absolute atomic E-state index is 0.153. The molecule has 0 aromatic carbocycles. The molecular formula is C11H19N3O2. The molecule has 0 atom stereocenters. The first-order valence-corrected chi connectivity index (χ1v) is 5.40. The molecule has 1 aromatic rings. The van der Waals surface area contributed by atoms with Gasteiger partial charge in [0.1, 0.15) is 0 Å². The average molecular weight is 225 g/mol. The van der Waals surface area contributed by atoms with Crippen molar-refractivity contribution in [3.05, 3.63) is 17.5 Å². The van der Waals surface area contributed by atoms with E-state index in [1.807, 2.05) is 24.9 Å². The minimum Gasteiger partial charge on any atom is -0.469 e. The molecule has 0 saturated carbocycles. The van der Waals surface area contributed by atoms with Gasteiger partial charge in [-0.3, -0.25) is 9.48 Å². The Morgan fingerprint density at radius 1 is 1.62 bits per heavy atom. The van der Waals surface area contributed by atoms with Gasteiger partial charge < -0.3 is 10.1 Å². The molecule has 0 radical (unpaired) electrons. The van der Waals surface area contributed by atoms with Gasteiger partial charge in [-0.25, -0.2) is 0 Å². The van der Waals surface area contributed by atoms with Crippen molar-refractivity contribution in [3.63, 3.8) is 0 Å². The summed E-state index contributed by atoms with van der Waals surface area (Å²) < 4.78 is 6.41. The summed E-state index contributed by atoms with van der Waals surface area (Å²) in [7, 11) is 3.34. The van der Waals surface area contributed by atoms with Crippen molar-refractivity contribution in [1.29, 1.82) is 0 Å². The number of carbonyl (C=O) groups excluding carboxylic acids is 1. The van der Waals surface area contributed by atoms with Gasteiger partial charge in [0.15, 0.2) is 0 Å². The summed E-state index contributed by atoms with van der Waals surface area (Å²) >= 11 is 0. The Morgan fingerprint density at radius 2 is 2.38 bits per heavy atom. The van der Waals surface area contributed by atoms with Gasteiger partial charge in [-0.1, -0.05) is 0 Å². The maximum atomic E-state index is 10.8. The number of hydrogen-bond donors (Lipinski definition) is 1. The molecule has 1 heterocycles. The van der Waals surface area contributed by atoms with Crippen molar-refractivity contribution < 1.29 is 9.53 Å². The van der Waals surface area contributed by atoms with Crippen molar-refractivity contribution in [3.8, 4) is 0 Å². The zero-order chi connectivity index (χ0) is 12.0. The van der Waals surface area contributed by atoms with E-state index < -0.39 is 0 Å². The van der Waals surface area contributed by atoms with Gasteiger partial charge in [-0.2, -0.15) is 5.10 Å². The van der Waals surface area contributed by atoms with Gasteiger partial charge in [-0.15, -0.1) is 0 Å². The molecule has 0 aliphatic carbocycles. The molecule has 5 heteroatoms. The van der Waals surface area contributed by atoms with E-state index in [4.69, 9.17) is 0 Å². The third-order valence-corrected chi connectivity index (χ3v) is 2.61. The maximum absolute atomic E-state index is 10.8. The van der Waals surface area contributed by atoms with Crippen LogP contribution in [0.3, 0.4) is 0 Å². The molecule has 0 fully saturated rings. The van der Waals surface area contributed by atoms with Crippen LogP contribution in [0.5, 0.6) is 0 Å². The number of hydrogen-bond acceptors (Lipinski definition) is 4. The lowest BCUT2D eigenvalue weighted by atomic mass is 10.2. The standard InChI is InChI=1S/C11H19N3O2/c1-9-10(8-13-14(9)2)7-12-6-4-5-11(15)16-3/h8,12H,4-7H2,1-3H3. The van der Waals surface area contributed by atoms with E-state index in [1.165, 1.54) is 18.4 Å². The first-order valence-electron chi connectivity index (χ1n) is 5.40. The predicted octanol–water partition coefficient (Wildman–Crippen LogP) is 0.771. The Morgan fingerprint density at radius 3 is 2.94 bits per heavy atom. The summed E-state index contributed by atoms with van der Waals surface area (Å²) in [5.41, 5.74) is 2.36. The van der Waals surface area contributed by atoms with Crippen LogP contribution in [-0.4, -0.2) is 29.4 Å². The average Bonchev–Trinajstić information content (AvgIpc) is 2.60. The predicted molar refractivity (Wildman–Crippen MR) is 60.9 cm³/mol. The lowest BCUT2D eigenvalue weighted by molar-refractivity contribution is -0.140. The fraction of sp³-hybridized carbons (Fsp3) is 0.636. The van der Waals surface area contributed by atoms with Gasteiger partial charge >= 0.3 is 5.97 Å². The second-order valence-corrected chi connectivity index (χ2v) is 3.74. The number of esters is 1. The SMILES string of the molecule is COC(=O)CCCNCc1cnn(C)c1C. The van der Waals surface area contributed by atoms with Gasteiger partial charge in [-0.05, 0) is 19.9 Å². The van der Waals surface area contributed by atoms with Crippen LogP contribution in [0, 0.1) is 6.92 Å². The molecule has 0 saturated heterocycles. The summed E-state index contributed by atoms with van der Waals surface area (Å²) in [6, 6.07) is 0. The molecule has 1 rings (SSSR count). The Hall–Kier alpha value is -1.36. The second-order valence-electron chi connectivity index (χ2n) is 3.74. The van der Waals surface area contributed by atoms with Crippen LogP contribution in [0.15, 0.2) is 6.20 Å². The first-order chi connectivity index (χ1) is 7.65. The Labute approximate surface area is 95.8 Å². The lowest BCUT2D eigenvalue weighted by Crippen LogP contribution is -2.16. The van der Waals surface area contributed by atoms with E-state index in [2.05, 4.69) is 15.2 Å². The first kappa shape index (κ1) is 12.7. The summed E-state index contributed by atoms with van der Waals surface area (Å²) in [6.07, 6.45) is 3.13. The van der Waals surface area contributed by atoms with E-state index in [1.54, 1.807) is 0 Å². The monoisotopic (exact) mass is 225 g/mol. The maximum Gasteiger partial charge on any atom is 0.305 e. The van der Waals surface area contributed by atoms with E-state index in [0.717, 1.165) is 19.5 Å². The Kier molecular flexibility index (Phi) is 4.98. The fourth-order valence-electron chi connectivity index (χ4n) is 1.40. The number of aromatic nitrogens is 2. The topological polar surface area (TPSA) is 56.1 Å². The molecule has 90 valence electrons. The minimum atomic E-state index is -0.153. The van der Waals surface area contributed by atoms with Gasteiger partial charge in [0, 0.05) is 31.3 Å². The summed E-state index contributed by atoms with van der Waals surface area (Å²) in [4.78, 5) is 10.8. The van der Waals surface area contributed by atoms with Crippen molar-refractivity contribution >= 4 is 5.97 Å². The number of nitrogens with zero attached hydrogens (tertiary/aromatic N) is 2. The normalized spacial score (nSPS) is 10.4. The molecule has 0 bridgehead atoms. The van der Waals surface area contributed by atoms with Crippen LogP contribution in [0.1, 0.15) is 24.1 Å². The third kappa shape index (κ3) is 3.66.